The summed E-state index contributed by atoms with van der Waals surface area (Å²) in [5.41, 5.74) is -0.788. The Hall–Kier alpha value is -2.05. The molecule has 0 aliphatic carbocycles. The van der Waals surface area contributed by atoms with Gasteiger partial charge in [-0.1, -0.05) is 0 Å². The summed E-state index contributed by atoms with van der Waals surface area (Å²) in [5, 5.41) is 10.9. The number of aromatic nitrogens is 3. The maximum absolute atomic E-state index is 14.0. The zero-order valence-corrected chi connectivity index (χ0v) is 11.2. The van der Waals surface area contributed by atoms with E-state index in [1.165, 1.54) is 4.57 Å². The van der Waals surface area contributed by atoms with E-state index in [1.807, 2.05) is 0 Å². The van der Waals surface area contributed by atoms with E-state index in [2.05, 4.69) is 15.5 Å². The lowest BCUT2D eigenvalue weighted by Gasteiger charge is -2.34. The Bertz CT molecular complexity index is 691. The van der Waals surface area contributed by atoms with Crippen molar-refractivity contribution in [2.75, 3.05) is 5.32 Å². The lowest BCUT2D eigenvalue weighted by Crippen LogP contribution is -2.37. The van der Waals surface area contributed by atoms with Gasteiger partial charge in [0.1, 0.15) is 11.6 Å². The molecule has 4 nitrogen and oxygen atoms in total. The molecule has 0 saturated heterocycles. The summed E-state index contributed by atoms with van der Waals surface area (Å²) in [7, 11) is 0. The van der Waals surface area contributed by atoms with Crippen LogP contribution in [0.1, 0.15) is 37.5 Å². The summed E-state index contributed by atoms with van der Waals surface area (Å²) in [6, 6.07) is 2.15. The molecule has 1 aromatic heterocycles. The molecule has 0 amide bonds. The van der Waals surface area contributed by atoms with Gasteiger partial charge in [-0.3, -0.25) is 4.57 Å². The first-order valence-electron chi connectivity index (χ1n) is 6.14. The number of halogens is 3. The molecule has 0 saturated carbocycles. The van der Waals surface area contributed by atoms with Crippen LogP contribution in [0.2, 0.25) is 0 Å². The van der Waals surface area contributed by atoms with Crippen molar-refractivity contribution in [1.29, 1.82) is 0 Å². The monoisotopic (exact) mass is 282 g/mol. The van der Waals surface area contributed by atoms with Gasteiger partial charge in [0.05, 0.1) is 16.9 Å². The van der Waals surface area contributed by atoms with Crippen LogP contribution in [0.15, 0.2) is 12.1 Å². The van der Waals surface area contributed by atoms with Gasteiger partial charge in [-0.2, -0.15) is 0 Å². The first-order chi connectivity index (χ1) is 9.33. The second-order valence-corrected chi connectivity index (χ2v) is 5.32. The summed E-state index contributed by atoms with van der Waals surface area (Å²) in [6.07, 6.45) is -2.71. The highest BCUT2D eigenvalue weighted by atomic mass is 19.3. The van der Waals surface area contributed by atoms with Gasteiger partial charge >= 0.3 is 0 Å². The van der Waals surface area contributed by atoms with Crippen LogP contribution in [0.25, 0.3) is 5.69 Å². The summed E-state index contributed by atoms with van der Waals surface area (Å²) in [5.74, 6) is 0.356. The fourth-order valence-corrected chi connectivity index (χ4v) is 2.52. The van der Waals surface area contributed by atoms with Gasteiger partial charge in [-0.05, 0) is 32.9 Å². The van der Waals surface area contributed by atoms with Crippen LogP contribution in [0.4, 0.5) is 18.9 Å². The van der Waals surface area contributed by atoms with E-state index in [-0.39, 0.29) is 16.9 Å². The zero-order valence-electron chi connectivity index (χ0n) is 11.2. The van der Waals surface area contributed by atoms with E-state index >= 15 is 0 Å². The summed E-state index contributed by atoms with van der Waals surface area (Å²) < 4.78 is 41.9. The van der Waals surface area contributed by atoms with Gasteiger partial charge in [0, 0.05) is 5.56 Å². The Morgan fingerprint density at radius 3 is 2.60 bits per heavy atom. The topological polar surface area (TPSA) is 42.7 Å². The molecule has 0 atom stereocenters. The van der Waals surface area contributed by atoms with Gasteiger partial charge < -0.3 is 5.32 Å². The Labute approximate surface area is 113 Å². The summed E-state index contributed by atoms with van der Waals surface area (Å²) >= 11 is 0. The van der Waals surface area contributed by atoms with E-state index < -0.39 is 17.8 Å². The first kappa shape index (κ1) is 13.0. The Morgan fingerprint density at radius 1 is 1.25 bits per heavy atom. The molecule has 1 aliphatic heterocycles. The average Bonchev–Trinajstić information content (AvgIpc) is 2.74. The first-order valence-corrected chi connectivity index (χ1v) is 6.14. The number of hydrogen-bond donors (Lipinski definition) is 1. The predicted octanol–water partition coefficient (Wildman–Crippen LogP) is 3.31. The van der Waals surface area contributed by atoms with Gasteiger partial charge in [-0.25, -0.2) is 13.2 Å². The van der Waals surface area contributed by atoms with Crippen LogP contribution in [-0.2, 0) is 5.54 Å². The highest BCUT2D eigenvalue weighted by Crippen LogP contribution is 2.42. The fraction of sp³-hybridized carbons (Fsp3) is 0.385. The van der Waals surface area contributed by atoms with Crippen molar-refractivity contribution in [2.45, 2.75) is 32.7 Å². The lowest BCUT2D eigenvalue weighted by molar-refractivity contribution is 0.151. The largest absolute Gasteiger partial charge is 0.369 e. The zero-order chi connectivity index (χ0) is 14.7. The molecule has 7 heteroatoms. The number of fused-ring (bicyclic) bond motifs is 3. The smallest absolute Gasteiger partial charge is 0.265 e. The highest BCUT2D eigenvalue weighted by molar-refractivity contribution is 5.70. The number of nitrogens with zero attached hydrogens (tertiary/aromatic N) is 3. The Morgan fingerprint density at radius 2 is 1.95 bits per heavy atom. The quantitative estimate of drug-likeness (QED) is 0.872. The van der Waals surface area contributed by atoms with Crippen LogP contribution in [0.3, 0.4) is 0 Å². The Balaban J connectivity index is 2.41. The van der Waals surface area contributed by atoms with Crippen LogP contribution in [0.5, 0.6) is 0 Å². The third kappa shape index (κ3) is 1.62. The fourth-order valence-electron chi connectivity index (χ4n) is 2.52. The van der Waals surface area contributed by atoms with Crippen LogP contribution in [-0.4, -0.2) is 14.8 Å². The van der Waals surface area contributed by atoms with Gasteiger partial charge in [0.15, 0.2) is 5.82 Å². The maximum Gasteiger partial charge on any atom is 0.265 e. The van der Waals surface area contributed by atoms with E-state index in [0.29, 0.717) is 11.6 Å². The minimum absolute atomic E-state index is 0.0585. The number of rotatable bonds is 1. The molecule has 1 aliphatic rings. The van der Waals surface area contributed by atoms with Gasteiger partial charge in [-0.15, -0.1) is 10.2 Å². The van der Waals surface area contributed by atoms with Crippen molar-refractivity contribution >= 4 is 5.69 Å². The minimum Gasteiger partial charge on any atom is -0.369 e. The average molecular weight is 282 g/mol. The molecule has 3 rings (SSSR count). The second-order valence-electron chi connectivity index (χ2n) is 5.32. The molecule has 20 heavy (non-hydrogen) atoms. The number of aryl methyl sites for hydroxylation is 1. The van der Waals surface area contributed by atoms with E-state index in [4.69, 9.17) is 0 Å². The molecule has 1 N–H and O–H groups in total. The Kier molecular flexibility index (Phi) is 2.57. The van der Waals surface area contributed by atoms with E-state index in [1.54, 1.807) is 20.8 Å². The van der Waals surface area contributed by atoms with E-state index in [0.717, 1.165) is 12.1 Å². The molecule has 2 aromatic rings. The molecule has 0 bridgehead atoms. The van der Waals surface area contributed by atoms with Crippen molar-refractivity contribution in [2.24, 2.45) is 0 Å². The molecular weight excluding hydrogens is 269 g/mol. The molecule has 0 unspecified atom stereocenters. The molecule has 106 valence electrons. The van der Waals surface area contributed by atoms with Crippen LogP contribution >= 0.6 is 0 Å². The van der Waals surface area contributed by atoms with E-state index in [9.17, 15) is 13.2 Å². The standard InChI is InChI=1S/C13H13F3N4/c1-6-18-19-12-13(2,3)17-9-8(14)5-4-7(11(15)16)10(9)20(6)12/h4-5,11,17H,1-3H3. The van der Waals surface area contributed by atoms with Crippen molar-refractivity contribution in [3.63, 3.8) is 0 Å². The van der Waals surface area contributed by atoms with Crippen molar-refractivity contribution < 1.29 is 13.2 Å². The summed E-state index contributed by atoms with van der Waals surface area (Å²) in [4.78, 5) is 0. The third-order valence-electron chi connectivity index (χ3n) is 3.44. The van der Waals surface area contributed by atoms with Crippen molar-refractivity contribution in [3.05, 3.63) is 35.2 Å². The molecular formula is C13H13F3N4. The molecule has 2 heterocycles. The predicted molar refractivity (Wildman–Crippen MR) is 67.7 cm³/mol. The third-order valence-corrected chi connectivity index (χ3v) is 3.44. The van der Waals surface area contributed by atoms with Crippen molar-refractivity contribution in [3.8, 4) is 5.69 Å². The maximum atomic E-state index is 14.0. The lowest BCUT2D eigenvalue weighted by atomic mass is 9.98. The number of benzene rings is 1. The summed E-state index contributed by atoms with van der Waals surface area (Å²) in [6.45, 7) is 5.25. The molecule has 0 fully saturated rings. The number of alkyl halides is 2. The van der Waals surface area contributed by atoms with Crippen molar-refractivity contribution in [1.82, 2.24) is 14.8 Å². The molecule has 0 radical (unpaired) electrons. The second kappa shape index (κ2) is 3.97. The SMILES string of the molecule is Cc1nnc2n1-c1c(C(F)F)ccc(F)c1NC2(C)C. The minimum atomic E-state index is -2.71. The number of nitrogens with one attached hydrogen (secondary N) is 1. The van der Waals surface area contributed by atoms with Gasteiger partial charge in [0.25, 0.3) is 6.43 Å². The van der Waals surface area contributed by atoms with Gasteiger partial charge in [0.2, 0.25) is 0 Å². The molecule has 0 spiro atoms. The molecule has 1 aromatic carbocycles. The number of anilines is 1. The number of hydrogen-bond acceptors (Lipinski definition) is 3. The highest BCUT2D eigenvalue weighted by Gasteiger charge is 2.37. The van der Waals surface area contributed by atoms with Crippen LogP contribution in [0, 0.1) is 12.7 Å². The normalized spacial score (nSPS) is 15.8. The van der Waals surface area contributed by atoms with Crippen LogP contribution < -0.4 is 5.32 Å².